The van der Waals surface area contributed by atoms with Crippen LogP contribution >= 0.6 is 0 Å². The van der Waals surface area contributed by atoms with Gasteiger partial charge in [0, 0.05) is 56.6 Å². The van der Waals surface area contributed by atoms with Gasteiger partial charge in [0.1, 0.15) is 5.82 Å². The van der Waals surface area contributed by atoms with Crippen molar-refractivity contribution in [2.24, 2.45) is 4.99 Å². The molecule has 1 saturated heterocycles. The van der Waals surface area contributed by atoms with Gasteiger partial charge in [-0.15, -0.1) is 0 Å². The maximum atomic E-state index is 5.77. The Hall–Kier alpha value is -3.00. The Labute approximate surface area is 170 Å². The van der Waals surface area contributed by atoms with Gasteiger partial charge in [0.05, 0.1) is 26.4 Å². The summed E-state index contributed by atoms with van der Waals surface area (Å²) in [4.78, 5) is 11.2. The van der Waals surface area contributed by atoms with E-state index in [4.69, 9.17) is 14.2 Å². The first-order valence-corrected chi connectivity index (χ1v) is 9.97. The zero-order chi connectivity index (χ0) is 19.9. The zero-order valence-electron chi connectivity index (χ0n) is 16.7. The normalized spacial score (nSPS) is 16.9. The summed E-state index contributed by atoms with van der Waals surface area (Å²) < 4.78 is 16.9. The zero-order valence-corrected chi connectivity index (χ0v) is 16.7. The molecule has 3 heterocycles. The Morgan fingerprint density at radius 3 is 2.76 bits per heavy atom. The smallest absolute Gasteiger partial charge is 0.195 e. The van der Waals surface area contributed by atoms with Crippen LogP contribution < -0.4 is 25.0 Å². The minimum atomic E-state index is 0.616. The average Bonchev–Trinajstić information content (AvgIpc) is 3.02. The third kappa shape index (κ3) is 4.89. The van der Waals surface area contributed by atoms with E-state index in [1.165, 1.54) is 0 Å². The number of benzene rings is 1. The second-order valence-corrected chi connectivity index (χ2v) is 6.85. The molecule has 8 heteroatoms. The van der Waals surface area contributed by atoms with Crippen LogP contribution in [0.5, 0.6) is 11.5 Å². The highest BCUT2D eigenvalue weighted by Gasteiger charge is 2.16. The molecule has 0 amide bonds. The first kappa shape index (κ1) is 19.3. The van der Waals surface area contributed by atoms with Crippen LogP contribution in [-0.2, 0) is 11.3 Å². The minimum Gasteiger partial charge on any atom is -0.490 e. The number of ether oxygens (including phenoxy) is 3. The van der Waals surface area contributed by atoms with E-state index < -0.39 is 0 Å². The number of hydrogen-bond acceptors (Lipinski definition) is 6. The molecule has 0 atom stereocenters. The standard InChI is InChI=1S/C21H27N5O3/c1-22-21(25-17-5-6-18-19(14-17)29-11-3-10-28-18)24-15-16-4-2-7-23-20(16)26-8-12-27-13-9-26/h2,4-7,14H,3,8-13,15H2,1H3,(H2,22,24,25). The van der Waals surface area contributed by atoms with E-state index in [2.05, 4.69) is 31.6 Å². The van der Waals surface area contributed by atoms with E-state index in [0.717, 1.165) is 61.3 Å². The van der Waals surface area contributed by atoms with Crippen molar-refractivity contribution in [1.82, 2.24) is 10.3 Å². The van der Waals surface area contributed by atoms with Crippen molar-refractivity contribution in [2.75, 3.05) is 56.8 Å². The summed E-state index contributed by atoms with van der Waals surface area (Å²) >= 11 is 0. The number of rotatable bonds is 4. The number of aliphatic imine (C=N–C) groups is 1. The van der Waals surface area contributed by atoms with Crippen LogP contribution in [0.25, 0.3) is 0 Å². The van der Waals surface area contributed by atoms with Crippen molar-refractivity contribution in [2.45, 2.75) is 13.0 Å². The van der Waals surface area contributed by atoms with Gasteiger partial charge < -0.3 is 29.7 Å². The lowest BCUT2D eigenvalue weighted by atomic mass is 10.2. The molecule has 0 bridgehead atoms. The van der Waals surface area contributed by atoms with Gasteiger partial charge in [0.15, 0.2) is 17.5 Å². The fraction of sp³-hybridized carbons (Fsp3) is 0.429. The van der Waals surface area contributed by atoms with Crippen LogP contribution in [-0.4, -0.2) is 57.5 Å². The monoisotopic (exact) mass is 397 g/mol. The Kier molecular flexibility index (Phi) is 6.31. The number of guanidine groups is 1. The number of anilines is 2. The predicted octanol–water partition coefficient (Wildman–Crippen LogP) is 2.27. The molecule has 154 valence electrons. The van der Waals surface area contributed by atoms with Gasteiger partial charge in [-0.05, 0) is 18.2 Å². The van der Waals surface area contributed by atoms with Crippen LogP contribution in [0.2, 0.25) is 0 Å². The van der Waals surface area contributed by atoms with E-state index in [1.807, 2.05) is 30.5 Å². The molecule has 2 N–H and O–H groups in total. The molecule has 0 unspecified atom stereocenters. The fourth-order valence-electron chi connectivity index (χ4n) is 3.36. The Morgan fingerprint density at radius 1 is 1.10 bits per heavy atom. The molecular formula is C21H27N5O3. The van der Waals surface area contributed by atoms with E-state index in [1.54, 1.807) is 7.05 Å². The van der Waals surface area contributed by atoms with E-state index >= 15 is 0 Å². The van der Waals surface area contributed by atoms with Gasteiger partial charge in [-0.3, -0.25) is 4.99 Å². The number of nitrogens with zero attached hydrogens (tertiary/aromatic N) is 3. The maximum absolute atomic E-state index is 5.77. The number of morpholine rings is 1. The molecule has 4 rings (SSSR count). The summed E-state index contributed by atoms with van der Waals surface area (Å²) in [5.74, 6) is 3.21. The summed E-state index contributed by atoms with van der Waals surface area (Å²) in [7, 11) is 1.75. The summed E-state index contributed by atoms with van der Waals surface area (Å²) in [5, 5.41) is 6.69. The highest BCUT2D eigenvalue weighted by molar-refractivity contribution is 5.93. The molecule has 8 nitrogen and oxygen atoms in total. The molecule has 2 aliphatic heterocycles. The van der Waals surface area contributed by atoms with Gasteiger partial charge >= 0.3 is 0 Å². The Morgan fingerprint density at radius 2 is 1.93 bits per heavy atom. The quantitative estimate of drug-likeness (QED) is 0.605. The molecule has 2 aromatic rings. The molecule has 1 aromatic heterocycles. The molecule has 0 radical (unpaired) electrons. The van der Waals surface area contributed by atoms with Crippen molar-refractivity contribution in [3.8, 4) is 11.5 Å². The summed E-state index contributed by atoms with van der Waals surface area (Å²) in [6.07, 6.45) is 2.72. The highest BCUT2D eigenvalue weighted by Crippen LogP contribution is 2.32. The van der Waals surface area contributed by atoms with Crippen LogP contribution in [0.1, 0.15) is 12.0 Å². The molecular weight excluding hydrogens is 370 g/mol. The summed E-state index contributed by atoms with van der Waals surface area (Å²) in [5.41, 5.74) is 2.01. The number of pyridine rings is 1. The van der Waals surface area contributed by atoms with Gasteiger partial charge in [0.2, 0.25) is 0 Å². The number of aromatic nitrogens is 1. The highest BCUT2D eigenvalue weighted by atomic mass is 16.5. The topological polar surface area (TPSA) is 80.2 Å². The van der Waals surface area contributed by atoms with Crippen molar-refractivity contribution in [3.63, 3.8) is 0 Å². The van der Waals surface area contributed by atoms with Gasteiger partial charge in [-0.2, -0.15) is 0 Å². The van der Waals surface area contributed by atoms with Crippen LogP contribution in [0.4, 0.5) is 11.5 Å². The van der Waals surface area contributed by atoms with Gasteiger partial charge in [-0.1, -0.05) is 6.07 Å². The Bertz CT molecular complexity index is 852. The molecule has 29 heavy (non-hydrogen) atoms. The summed E-state index contributed by atoms with van der Waals surface area (Å²) in [6.45, 7) is 5.13. The van der Waals surface area contributed by atoms with Crippen molar-refractivity contribution < 1.29 is 14.2 Å². The molecule has 1 aromatic carbocycles. The SMILES string of the molecule is CN=C(NCc1cccnc1N1CCOCC1)Nc1ccc2c(c1)OCCCO2. The van der Waals surface area contributed by atoms with Crippen molar-refractivity contribution in [3.05, 3.63) is 42.1 Å². The second-order valence-electron chi connectivity index (χ2n) is 6.85. The number of fused-ring (bicyclic) bond motifs is 1. The first-order chi connectivity index (χ1) is 14.3. The lowest BCUT2D eigenvalue weighted by Crippen LogP contribution is -2.38. The van der Waals surface area contributed by atoms with Crippen molar-refractivity contribution >= 4 is 17.5 Å². The van der Waals surface area contributed by atoms with E-state index in [9.17, 15) is 0 Å². The third-order valence-electron chi connectivity index (χ3n) is 4.86. The van der Waals surface area contributed by atoms with Crippen LogP contribution in [0.15, 0.2) is 41.5 Å². The second kappa shape index (κ2) is 9.47. The lowest BCUT2D eigenvalue weighted by Gasteiger charge is -2.29. The Balaban J connectivity index is 1.41. The lowest BCUT2D eigenvalue weighted by molar-refractivity contribution is 0.122. The van der Waals surface area contributed by atoms with Crippen LogP contribution in [0, 0.1) is 0 Å². The summed E-state index contributed by atoms with van der Waals surface area (Å²) in [6, 6.07) is 9.88. The van der Waals surface area contributed by atoms with Crippen molar-refractivity contribution in [1.29, 1.82) is 0 Å². The fourth-order valence-corrected chi connectivity index (χ4v) is 3.36. The largest absolute Gasteiger partial charge is 0.490 e. The number of nitrogens with one attached hydrogen (secondary N) is 2. The van der Waals surface area contributed by atoms with Gasteiger partial charge in [0.25, 0.3) is 0 Å². The predicted molar refractivity (Wildman–Crippen MR) is 113 cm³/mol. The van der Waals surface area contributed by atoms with Crippen LogP contribution in [0.3, 0.4) is 0 Å². The minimum absolute atomic E-state index is 0.616. The average molecular weight is 397 g/mol. The van der Waals surface area contributed by atoms with Gasteiger partial charge in [-0.25, -0.2) is 4.98 Å². The van der Waals surface area contributed by atoms with E-state index in [0.29, 0.717) is 25.7 Å². The van der Waals surface area contributed by atoms with E-state index in [-0.39, 0.29) is 0 Å². The number of hydrogen-bond donors (Lipinski definition) is 2. The first-order valence-electron chi connectivity index (χ1n) is 9.97. The molecule has 2 aliphatic rings. The molecule has 0 saturated carbocycles. The molecule has 1 fully saturated rings. The third-order valence-corrected chi connectivity index (χ3v) is 4.86. The molecule has 0 spiro atoms. The molecule has 0 aliphatic carbocycles. The maximum Gasteiger partial charge on any atom is 0.195 e.